The predicted octanol–water partition coefficient (Wildman–Crippen LogP) is 6.26. The van der Waals surface area contributed by atoms with Crippen molar-refractivity contribution in [2.24, 2.45) is 0 Å². The Bertz CT molecular complexity index is 1400. The monoisotopic (exact) mass is 585 g/mol. The first-order valence-electron chi connectivity index (χ1n) is 12.0. The highest BCUT2D eigenvalue weighted by atomic mass is 31.2. The number of ether oxygens (including phenoxy) is 1. The Morgan fingerprint density at radius 2 is 1.75 bits per heavy atom. The molecule has 216 valence electrons. The second-order valence-corrected chi connectivity index (χ2v) is 10.1. The Balaban J connectivity index is 2.00. The molecule has 3 N–H and O–H groups in total. The first-order chi connectivity index (χ1) is 18.9. The topological polar surface area (TPSA) is 124 Å². The number of anilines is 4. The number of alkyl halides is 3. The Morgan fingerprint density at radius 1 is 1.07 bits per heavy atom. The third-order valence-corrected chi connectivity index (χ3v) is 7.40. The van der Waals surface area contributed by atoms with Crippen LogP contribution in [0, 0.1) is 5.82 Å². The van der Waals surface area contributed by atoms with E-state index < -0.39 is 42.8 Å². The molecular weight excluding hydrogens is 557 g/mol. The summed E-state index contributed by atoms with van der Waals surface area (Å²) in [6, 6.07) is 8.36. The van der Waals surface area contributed by atoms with E-state index in [-0.39, 0.29) is 47.6 Å². The smallest absolute Gasteiger partial charge is 0.421 e. The van der Waals surface area contributed by atoms with Crippen LogP contribution in [0.5, 0.6) is 5.75 Å². The Kier molecular flexibility index (Phi) is 10.1. The van der Waals surface area contributed by atoms with Gasteiger partial charge in [-0.25, -0.2) is 9.37 Å². The lowest BCUT2D eigenvalue weighted by atomic mass is 10.1. The third-order valence-electron chi connectivity index (χ3n) is 5.34. The minimum Gasteiger partial charge on any atom is -0.494 e. The molecule has 0 radical (unpaired) electrons. The fourth-order valence-corrected chi connectivity index (χ4v) is 5.34. The van der Waals surface area contributed by atoms with Gasteiger partial charge in [0.05, 0.1) is 37.7 Å². The molecule has 0 atom stereocenters. The van der Waals surface area contributed by atoms with Gasteiger partial charge in [-0.05, 0) is 43.7 Å². The lowest BCUT2D eigenvalue weighted by Gasteiger charge is -2.19. The summed E-state index contributed by atoms with van der Waals surface area (Å²) >= 11 is 0. The SMILES string of the molecule is CCOP(=O)(Cc1cc(F)c(Nc2ncc(C(F)(F)F)c(Nc3ccccc3C(=O)NC)n2)c(OC)c1)OCC. The van der Waals surface area contributed by atoms with Crippen LogP contribution in [0.3, 0.4) is 0 Å². The highest BCUT2D eigenvalue weighted by Crippen LogP contribution is 2.52. The molecule has 40 heavy (non-hydrogen) atoms. The van der Waals surface area contributed by atoms with E-state index in [2.05, 4.69) is 25.9 Å². The minimum absolute atomic E-state index is 0.0538. The molecule has 0 saturated heterocycles. The maximum absolute atomic E-state index is 15.2. The Hall–Kier alpha value is -3.74. The number of hydrogen-bond acceptors (Lipinski definition) is 9. The number of rotatable bonds is 12. The van der Waals surface area contributed by atoms with Crippen LogP contribution >= 0.6 is 7.60 Å². The molecule has 10 nitrogen and oxygen atoms in total. The van der Waals surface area contributed by atoms with Crippen molar-refractivity contribution in [3.63, 3.8) is 0 Å². The normalized spacial score (nSPS) is 11.7. The number of halogens is 4. The summed E-state index contributed by atoms with van der Waals surface area (Å²) in [5, 5.41) is 7.49. The van der Waals surface area contributed by atoms with Crippen molar-refractivity contribution in [1.82, 2.24) is 15.3 Å². The zero-order chi connectivity index (χ0) is 29.5. The number of nitrogens with zero attached hydrogens (tertiary/aromatic N) is 2. The number of methoxy groups -OCH3 is 1. The van der Waals surface area contributed by atoms with Gasteiger partial charge in [0.25, 0.3) is 5.91 Å². The van der Waals surface area contributed by atoms with Gasteiger partial charge in [0.2, 0.25) is 5.95 Å². The highest BCUT2D eigenvalue weighted by molar-refractivity contribution is 7.53. The number of hydrogen-bond donors (Lipinski definition) is 3. The first-order valence-corrected chi connectivity index (χ1v) is 13.7. The Labute approximate surface area is 228 Å². The van der Waals surface area contributed by atoms with Gasteiger partial charge in [0.15, 0.2) is 5.82 Å². The van der Waals surface area contributed by atoms with Crippen molar-refractivity contribution in [2.75, 3.05) is 38.0 Å². The van der Waals surface area contributed by atoms with Gasteiger partial charge < -0.3 is 29.7 Å². The van der Waals surface area contributed by atoms with E-state index in [0.717, 1.165) is 6.07 Å². The van der Waals surface area contributed by atoms with Gasteiger partial charge >= 0.3 is 13.8 Å². The number of benzene rings is 2. The molecule has 2 aromatic carbocycles. The molecule has 0 fully saturated rings. The number of carbonyl (C=O) groups excluding carboxylic acids is 1. The average Bonchev–Trinajstić information content (AvgIpc) is 2.89. The van der Waals surface area contributed by atoms with Crippen molar-refractivity contribution in [3.05, 3.63) is 65.1 Å². The molecule has 0 aliphatic heterocycles. The van der Waals surface area contributed by atoms with E-state index in [1.165, 1.54) is 38.4 Å². The standard InChI is InChI=1S/C25H28F4N5O5P/c1-5-38-40(36,39-6-2)14-15-11-18(26)21(20(12-15)37-4)33-24-31-13-17(25(27,28)29)22(34-24)32-19-10-8-7-9-16(19)23(35)30-3/h7-13H,5-6,14H2,1-4H3,(H,30,35)(H2,31,32,33,34). The number of carbonyl (C=O) groups is 1. The molecule has 0 bridgehead atoms. The molecule has 0 aliphatic carbocycles. The van der Waals surface area contributed by atoms with E-state index in [1.54, 1.807) is 19.9 Å². The molecule has 15 heteroatoms. The lowest BCUT2D eigenvalue weighted by molar-refractivity contribution is -0.137. The van der Waals surface area contributed by atoms with Gasteiger partial charge in [-0.3, -0.25) is 9.36 Å². The second kappa shape index (κ2) is 13.1. The largest absolute Gasteiger partial charge is 0.494 e. The van der Waals surface area contributed by atoms with Gasteiger partial charge in [-0.15, -0.1) is 0 Å². The van der Waals surface area contributed by atoms with Crippen LogP contribution in [0.1, 0.15) is 35.3 Å². The lowest BCUT2D eigenvalue weighted by Crippen LogP contribution is -2.20. The summed E-state index contributed by atoms with van der Waals surface area (Å²) in [7, 11) is -0.923. The van der Waals surface area contributed by atoms with Crippen LogP contribution < -0.4 is 20.7 Å². The fraction of sp³-hybridized carbons (Fsp3) is 0.320. The molecule has 1 heterocycles. The number of amides is 1. The second-order valence-electron chi connectivity index (χ2n) is 8.09. The summed E-state index contributed by atoms with van der Waals surface area (Å²) in [5.41, 5.74) is -1.11. The van der Waals surface area contributed by atoms with Crippen molar-refractivity contribution in [2.45, 2.75) is 26.2 Å². The maximum Gasteiger partial charge on any atom is 0.421 e. The van der Waals surface area contributed by atoms with E-state index in [0.29, 0.717) is 6.20 Å². The number of nitrogens with one attached hydrogen (secondary N) is 3. The van der Waals surface area contributed by atoms with Crippen LogP contribution in [0.25, 0.3) is 0 Å². The molecule has 1 aromatic heterocycles. The quantitative estimate of drug-likeness (QED) is 0.167. The van der Waals surface area contributed by atoms with Crippen LogP contribution in [0.2, 0.25) is 0 Å². The van der Waals surface area contributed by atoms with Crippen LogP contribution in [0.15, 0.2) is 42.6 Å². The van der Waals surface area contributed by atoms with E-state index in [1.807, 2.05) is 0 Å². The third kappa shape index (κ3) is 7.46. The van der Waals surface area contributed by atoms with Crippen LogP contribution in [0.4, 0.5) is 40.7 Å². The van der Waals surface area contributed by atoms with Crippen LogP contribution in [-0.2, 0) is 26.0 Å². The molecule has 3 aromatic rings. The van der Waals surface area contributed by atoms with Crippen molar-refractivity contribution >= 4 is 36.6 Å². The molecule has 0 unspecified atom stereocenters. The summed E-state index contributed by atoms with van der Waals surface area (Å²) in [6.45, 7) is 3.52. The molecule has 0 spiro atoms. The maximum atomic E-state index is 15.2. The molecule has 1 amide bonds. The molecular formula is C25H28F4N5O5P. The van der Waals surface area contributed by atoms with E-state index >= 15 is 4.39 Å². The number of para-hydroxylation sites is 1. The molecule has 0 saturated carbocycles. The van der Waals surface area contributed by atoms with Gasteiger partial charge in [0.1, 0.15) is 22.8 Å². The minimum atomic E-state index is -4.84. The summed E-state index contributed by atoms with van der Waals surface area (Å²) in [5.74, 6) is -2.54. The van der Waals surface area contributed by atoms with Gasteiger partial charge in [-0.1, -0.05) is 12.1 Å². The van der Waals surface area contributed by atoms with Crippen LogP contribution in [-0.4, -0.2) is 43.2 Å². The molecule has 3 rings (SSSR count). The van der Waals surface area contributed by atoms with Gasteiger partial charge in [-0.2, -0.15) is 18.2 Å². The summed E-state index contributed by atoms with van der Waals surface area (Å²) in [4.78, 5) is 19.8. The van der Waals surface area contributed by atoms with E-state index in [4.69, 9.17) is 13.8 Å². The average molecular weight is 585 g/mol. The van der Waals surface area contributed by atoms with Gasteiger partial charge in [0, 0.05) is 13.2 Å². The van der Waals surface area contributed by atoms with Crippen molar-refractivity contribution < 1.29 is 40.7 Å². The fourth-order valence-electron chi connectivity index (χ4n) is 3.66. The first kappa shape index (κ1) is 30.8. The van der Waals surface area contributed by atoms with Crippen molar-refractivity contribution in [1.29, 1.82) is 0 Å². The zero-order valence-electron chi connectivity index (χ0n) is 22.1. The zero-order valence-corrected chi connectivity index (χ0v) is 23.0. The predicted molar refractivity (Wildman–Crippen MR) is 141 cm³/mol. The van der Waals surface area contributed by atoms with E-state index in [9.17, 15) is 22.5 Å². The highest BCUT2D eigenvalue weighted by Gasteiger charge is 2.36. The summed E-state index contributed by atoms with van der Waals surface area (Å²) in [6.07, 6.45) is -4.56. The molecule has 0 aliphatic rings. The van der Waals surface area contributed by atoms with Crippen molar-refractivity contribution in [3.8, 4) is 5.75 Å². The summed E-state index contributed by atoms with van der Waals surface area (Å²) < 4.78 is 85.2. The Morgan fingerprint density at radius 3 is 2.35 bits per heavy atom. The number of aromatic nitrogens is 2.